The van der Waals surface area contributed by atoms with Crippen molar-refractivity contribution in [2.75, 3.05) is 12.3 Å². The zero-order valence-electron chi connectivity index (χ0n) is 8.93. The van der Waals surface area contributed by atoms with Gasteiger partial charge in [0.1, 0.15) is 0 Å². The van der Waals surface area contributed by atoms with Gasteiger partial charge < -0.3 is 10.5 Å². The van der Waals surface area contributed by atoms with E-state index in [0.717, 1.165) is 12.1 Å². The summed E-state index contributed by atoms with van der Waals surface area (Å²) in [6.45, 7) is 1.25. The lowest BCUT2D eigenvalue weighted by Crippen LogP contribution is -1.99. The van der Waals surface area contributed by atoms with E-state index in [1.165, 1.54) is 16.9 Å². The monoisotopic (exact) mass is 234 g/mol. The van der Waals surface area contributed by atoms with Crippen LogP contribution in [0.25, 0.3) is 0 Å². The number of nitrogens with zero attached hydrogens (tertiary/aromatic N) is 1. The van der Waals surface area contributed by atoms with E-state index in [9.17, 15) is 0 Å². The highest BCUT2D eigenvalue weighted by Gasteiger charge is 1.98. The summed E-state index contributed by atoms with van der Waals surface area (Å²) in [5, 5.41) is 2.53. The number of thiazole rings is 1. The first-order chi connectivity index (χ1) is 7.84. The number of ether oxygens (including phenoxy) is 1. The molecular weight excluding hydrogens is 220 g/mol. The molecule has 0 fully saturated rings. The first-order valence-electron chi connectivity index (χ1n) is 5.16. The Hall–Kier alpha value is -1.39. The summed E-state index contributed by atoms with van der Waals surface area (Å²) in [6, 6.07) is 10.3. The number of anilines is 1. The van der Waals surface area contributed by atoms with E-state index in [2.05, 4.69) is 17.1 Å². The van der Waals surface area contributed by atoms with E-state index in [4.69, 9.17) is 10.5 Å². The third kappa shape index (κ3) is 3.32. The second-order valence-corrected chi connectivity index (χ2v) is 4.35. The van der Waals surface area contributed by atoms with Gasteiger partial charge in [0.25, 0.3) is 0 Å². The van der Waals surface area contributed by atoms with Gasteiger partial charge in [0.05, 0.1) is 18.9 Å². The third-order valence-electron chi connectivity index (χ3n) is 2.20. The number of hydrogen-bond acceptors (Lipinski definition) is 4. The van der Waals surface area contributed by atoms with E-state index in [1.807, 2.05) is 23.6 Å². The molecule has 2 N–H and O–H groups in total. The van der Waals surface area contributed by atoms with Gasteiger partial charge in [0.15, 0.2) is 5.13 Å². The summed E-state index contributed by atoms with van der Waals surface area (Å²) in [5.41, 5.74) is 7.73. The van der Waals surface area contributed by atoms with Crippen LogP contribution >= 0.6 is 11.3 Å². The number of nitrogens with two attached hydrogens (primary N) is 1. The summed E-state index contributed by atoms with van der Waals surface area (Å²) in [5.74, 6) is 0. The molecule has 0 aliphatic rings. The van der Waals surface area contributed by atoms with Crippen LogP contribution in [0.3, 0.4) is 0 Å². The van der Waals surface area contributed by atoms with Gasteiger partial charge in [-0.05, 0) is 12.0 Å². The molecule has 0 atom stereocenters. The van der Waals surface area contributed by atoms with Crippen LogP contribution in [0.15, 0.2) is 35.7 Å². The van der Waals surface area contributed by atoms with Gasteiger partial charge in [-0.2, -0.15) is 0 Å². The molecule has 1 heterocycles. The van der Waals surface area contributed by atoms with E-state index in [-0.39, 0.29) is 0 Å². The van der Waals surface area contributed by atoms with Gasteiger partial charge in [0, 0.05) is 5.38 Å². The standard InChI is InChI=1S/C12H14N2OS/c13-12-14-11(9-16-12)8-15-7-6-10-4-2-1-3-5-10/h1-5,9H,6-8H2,(H2,13,14). The molecule has 2 rings (SSSR count). The van der Waals surface area contributed by atoms with Gasteiger partial charge in [-0.15, -0.1) is 11.3 Å². The van der Waals surface area contributed by atoms with Crippen molar-refractivity contribution in [1.82, 2.24) is 4.98 Å². The molecule has 0 aliphatic heterocycles. The average molecular weight is 234 g/mol. The molecule has 0 bridgehead atoms. The van der Waals surface area contributed by atoms with Crippen LogP contribution in [-0.4, -0.2) is 11.6 Å². The summed E-state index contributed by atoms with van der Waals surface area (Å²) < 4.78 is 5.53. The smallest absolute Gasteiger partial charge is 0.180 e. The summed E-state index contributed by atoms with van der Waals surface area (Å²) in [6.07, 6.45) is 0.931. The lowest BCUT2D eigenvalue weighted by molar-refractivity contribution is 0.121. The summed E-state index contributed by atoms with van der Waals surface area (Å²) in [4.78, 5) is 4.13. The molecule has 0 spiro atoms. The van der Waals surface area contributed by atoms with Crippen LogP contribution in [-0.2, 0) is 17.8 Å². The summed E-state index contributed by atoms with van der Waals surface area (Å²) >= 11 is 1.45. The zero-order chi connectivity index (χ0) is 11.2. The summed E-state index contributed by atoms with van der Waals surface area (Å²) in [7, 11) is 0. The maximum Gasteiger partial charge on any atom is 0.180 e. The minimum atomic E-state index is 0.542. The maximum absolute atomic E-state index is 5.53. The van der Waals surface area contributed by atoms with Gasteiger partial charge in [-0.25, -0.2) is 4.98 Å². The van der Waals surface area contributed by atoms with Crippen molar-refractivity contribution >= 4 is 16.5 Å². The maximum atomic E-state index is 5.53. The molecule has 0 saturated carbocycles. The molecule has 0 aliphatic carbocycles. The fourth-order valence-electron chi connectivity index (χ4n) is 1.40. The lowest BCUT2D eigenvalue weighted by atomic mass is 10.2. The number of rotatable bonds is 5. The fourth-order valence-corrected chi connectivity index (χ4v) is 1.95. The Morgan fingerprint density at radius 3 is 2.75 bits per heavy atom. The Kier molecular flexibility index (Phi) is 3.91. The van der Waals surface area contributed by atoms with Crippen LogP contribution in [0.1, 0.15) is 11.3 Å². The van der Waals surface area contributed by atoms with Gasteiger partial charge in [-0.3, -0.25) is 0 Å². The molecule has 0 radical (unpaired) electrons. The highest BCUT2D eigenvalue weighted by atomic mass is 32.1. The second kappa shape index (κ2) is 5.63. The van der Waals surface area contributed by atoms with Crippen molar-refractivity contribution in [2.24, 2.45) is 0 Å². The molecule has 0 amide bonds. The molecule has 1 aromatic carbocycles. The van der Waals surface area contributed by atoms with Crippen molar-refractivity contribution in [1.29, 1.82) is 0 Å². The van der Waals surface area contributed by atoms with Crippen molar-refractivity contribution < 1.29 is 4.74 Å². The van der Waals surface area contributed by atoms with Gasteiger partial charge >= 0.3 is 0 Å². The highest BCUT2D eigenvalue weighted by molar-refractivity contribution is 7.13. The van der Waals surface area contributed by atoms with Crippen molar-refractivity contribution in [3.05, 3.63) is 47.0 Å². The predicted octanol–water partition coefficient (Wildman–Crippen LogP) is 2.48. The Bertz CT molecular complexity index is 428. The van der Waals surface area contributed by atoms with Crippen LogP contribution in [0.5, 0.6) is 0 Å². The fraction of sp³-hybridized carbons (Fsp3) is 0.250. The largest absolute Gasteiger partial charge is 0.375 e. The minimum absolute atomic E-state index is 0.542. The quantitative estimate of drug-likeness (QED) is 0.808. The Morgan fingerprint density at radius 2 is 2.06 bits per heavy atom. The average Bonchev–Trinajstić information content (AvgIpc) is 2.72. The van der Waals surface area contributed by atoms with Gasteiger partial charge in [0.2, 0.25) is 0 Å². The molecule has 16 heavy (non-hydrogen) atoms. The zero-order valence-corrected chi connectivity index (χ0v) is 9.74. The molecule has 4 heteroatoms. The van der Waals surface area contributed by atoms with Crippen LogP contribution in [0.4, 0.5) is 5.13 Å². The number of hydrogen-bond donors (Lipinski definition) is 1. The lowest BCUT2D eigenvalue weighted by Gasteiger charge is -2.02. The molecule has 2 aromatic rings. The van der Waals surface area contributed by atoms with E-state index in [0.29, 0.717) is 18.3 Å². The molecule has 0 saturated heterocycles. The first-order valence-corrected chi connectivity index (χ1v) is 6.04. The Balaban J connectivity index is 1.69. The molecule has 1 aromatic heterocycles. The van der Waals surface area contributed by atoms with Crippen molar-refractivity contribution in [3.8, 4) is 0 Å². The van der Waals surface area contributed by atoms with E-state index < -0.39 is 0 Å². The number of aromatic nitrogens is 1. The van der Waals surface area contributed by atoms with Crippen LogP contribution in [0, 0.1) is 0 Å². The molecule has 84 valence electrons. The van der Waals surface area contributed by atoms with Crippen molar-refractivity contribution in [3.63, 3.8) is 0 Å². The SMILES string of the molecule is Nc1nc(COCCc2ccccc2)cs1. The van der Waals surface area contributed by atoms with Gasteiger partial charge in [-0.1, -0.05) is 30.3 Å². The normalized spacial score (nSPS) is 10.5. The predicted molar refractivity (Wildman–Crippen MR) is 66.3 cm³/mol. The van der Waals surface area contributed by atoms with Crippen LogP contribution < -0.4 is 5.73 Å². The topological polar surface area (TPSA) is 48.1 Å². The Labute approximate surface area is 98.9 Å². The highest BCUT2D eigenvalue weighted by Crippen LogP contribution is 2.11. The second-order valence-electron chi connectivity index (χ2n) is 3.47. The number of nitrogen functional groups attached to an aromatic ring is 1. The Morgan fingerprint density at radius 1 is 1.25 bits per heavy atom. The number of benzene rings is 1. The molecular formula is C12H14N2OS. The minimum Gasteiger partial charge on any atom is -0.375 e. The third-order valence-corrected chi connectivity index (χ3v) is 2.92. The van der Waals surface area contributed by atoms with E-state index >= 15 is 0 Å². The molecule has 3 nitrogen and oxygen atoms in total. The molecule has 0 unspecified atom stereocenters. The van der Waals surface area contributed by atoms with Crippen molar-refractivity contribution in [2.45, 2.75) is 13.0 Å². The first kappa shape index (κ1) is 11.1. The van der Waals surface area contributed by atoms with E-state index in [1.54, 1.807) is 0 Å². The van der Waals surface area contributed by atoms with Crippen LogP contribution in [0.2, 0.25) is 0 Å².